The number of amides is 1. The summed E-state index contributed by atoms with van der Waals surface area (Å²) in [6.45, 7) is 0. The number of aromatic nitrogens is 3. The predicted molar refractivity (Wildman–Crippen MR) is 70.7 cm³/mol. The van der Waals surface area contributed by atoms with Gasteiger partial charge in [0.15, 0.2) is 0 Å². The number of carbonyl (C=O) groups excluding carboxylic acids is 1. The van der Waals surface area contributed by atoms with Crippen molar-refractivity contribution in [2.24, 2.45) is 0 Å². The Labute approximate surface area is 114 Å². The second kappa shape index (κ2) is 4.30. The number of anilines is 2. The van der Waals surface area contributed by atoms with Gasteiger partial charge in [-0.1, -0.05) is 0 Å². The number of hydrogen-bond donors (Lipinski definition) is 2. The molecule has 3 rings (SSSR count). The highest BCUT2D eigenvalue weighted by molar-refractivity contribution is 7.92. The molecule has 1 amide bonds. The van der Waals surface area contributed by atoms with Gasteiger partial charge in [0.1, 0.15) is 6.33 Å². The van der Waals surface area contributed by atoms with E-state index in [1.165, 1.54) is 23.4 Å². The number of benzene rings is 1. The molecule has 0 fully saturated rings. The van der Waals surface area contributed by atoms with Gasteiger partial charge in [-0.3, -0.25) is 4.79 Å². The fraction of sp³-hybridized carbons (Fsp3) is 0.182. The summed E-state index contributed by atoms with van der Waals surface area (Å²) in [5.74, 6) is -0.0172. The van der Waals surface area contributed by atoms with E-state index in [4.69, 9.17) is 0 Å². The molecule has 0 radical (unpaired) electrons. The number of sulfonamides is 1. The molecule has 0 spiro atoms. The number of H-pyrrole nitrogens is 1. The van der Waals surface area contributed by atoms with Crippen LogP contribution in [0.4, 0.5) is 11.6 Å². The summed E-state index contributed by atoms with van der Waals surface area (Å²) < 4.78 is 26.6. The molecule has 20 heavy (non-hydrogen) atoms. The second-order valence-electron chi connectivity index (χ2n) is 4.36. The van der Waals surface area contributed by atoms with E-state index in [1.54, 1.807) is 13.1 Å². The van der Waals surface area contributed by atoms with Crippen molar-refractivity contribution >= 4 is 27.6 Å². The van der Waals surface area contributed by atoms with Crippen LogP contribution in [0.5, 0.6) is 0 Å². The molecule has 0 saturated heterocycles. The van der Waals surface area contributed by atoms with E-state index >= 15 is 0 Å². The van der Waals surface area contributed by atoms with E-state index in [1.807, 2.05) is 0 Å². The average Bonchev–Trinajstić information content (AvgIpc) is 2.98. The minimum Gasteiger partial charge on any atom is -0.315 e. The van der Waals surface area contributed by atoms with E-state index in [2.05, 4.69) is 19.9 Å². The van der Waals surface area contributed by atoms with Gasteiger partial charge >= 0.3 is 0 Å². The summed E-state index contributed by atoms with van der Waals surface area (Å²) in [5, 5.41) is 5.98. The Balaban J connectivity index is 1.96. The maximum absolute atomic E-state index is 12.2. The molecule has 104 valence electrons. The Morgan fingerprint density at radius 3 is 2.90 bits per heavy atom. The lowest BCUT2D eigenvalue weighted by molar-refractivity contribution is -0.117. The van der Waals surface area contributed by atoms with E-state index in [-0.39, 0.29) is 23.2 Å². The SMILES string of the molecule is CN1C(=O)Cc2cc(S(=O)(=O)Nc3ncn[nH]3)ccc21. The second-order valence-corrected chi connectivity index (χ2v) is 6.04. The first-order valence-corrected chi connectivity index (χ1v) is 7.23. The highest BCUT2D eigenvalue weighted by Crippen LogP contribution is 2.29. The van der Waals surface area contributed by atoms with Crippen molar-refractivity contribution in [1.29, 1.82) is 0 Å². The predicted octanol–water partition coefficient (Wildman–Crippen LogP) is 0.124. The summed E-state index contributed by atoms with van der Waals surface area (Å²) in [4.78, 5) is 16.9. The molecule has 0 saturated carbocycles. The van der Waals surface area contributed by atoms with Crippen LogP contribution in [0.3, 0.4) is 0 Å². The Hall–Kier alpha value is -2.42. The molecule has 0 bridgehead atoms. The van der Waals surface area contributed by atoms with Gasteiger partial charge in [0.05, 0.1) is 11.3 Å². The van der Waals surface area contributed by atoms with Crippen LogP contribution in [0.25, 0.3) is 0 Å². The summed E-state index contributed by atoms with van der Waals surface area (Å²) >= 11 is 0. The van der Waals surface area contributed by atoms with Gasteiger partial charge in [-0.25, -0.2) is 18.2 Å². The van der Waals surface area contributed by atoms with Gasteiger partial charge in [0, 0.05) is 12.7 Å². The van der Waals surface area contributed by atoms with E-state index in [9.17, 15) is 13.2 Å². The van der Waals surface area contributed by atoms with Gasteiger partial charge in [-0.05, 0) is 23.8 Å². The van der Waals surface area contributed by atoms with Crippen molar-refractivity contribution in [3.63, 3.8) is 0 Å². The van der Waals surface area contributed by atoms with Gasteiger partial charge in [0.2, 0.25) is 11.9 Å². The Morgan fingerprint density at radius 2 is 2.20 bits per heavy atom. The molecule has 9 heteroatoms. The molecular formula is C11H11N5O3S. The third-order valence-corrected chi connectivity index (χ3v) is 4.42. The molecule has 1 aromatic carbocycles. The highest BCUT2D eigenvalue weighted by atomic mass is 32.2. The number of likely N-dealkylation sites (N-methyl/N-ethyl adjacent to an activating group) is 1. The lowest BCUT2D eigenvalue weighted by atomic mass is 10.2. The van der Waals surface area contributed by atoms with Gasteiger partial charge in [-0.15, -0.1) is 0 Å². The molecule has 1 aliphatic rings. The lowest BCUT2D eigenvalue weighted by Crippen LogP contribution is -2.20. The van der Waals surface area contributed by atoms with Crippen molar-refractivity contribution in [1.82, 2.24) is 15.2 Å². The Kier molecular flexibility index (Phi) is 2.71. The Bertz CT molecular complexity index is 769. The van der Waals surface area contributed by atoms with Crippen LogP contribution in [0, 0.1) is 0 Å². The van der Waals surface area contributed by atoms with E-state index in [0.29, 0.717) is 5.56 Å². The average molecular weight is 293 g/mol. The standard InChI is InChI=1S/C11H11N5O3S/c1-16-9-3-2-8(4-7(9)5-10(16)17)20(18,19)15-11-12-6-13-14-11/h2-4,6H,5H2,1H3,(H2,12,13,14,15). The van der Waals surface area contributed by atoms with E-state index < -0.39 is 10.0 Å². The summed E-state index contributed by atoms with van der Waals surface area (Å²) in [6, 6.07) is 4.57. The van der Waals surface area contributed by atoms with Gasteiger partial charge in [-0.2, -0.15) is 10.1 Å². The normalized spacial score (nSPS) is 14.4. The van der Waals surface area contributed by atoms with Crippen molar-refractivity contribution in [2.75, 3.05) is 16.7 Å². The minimum atomic E-state index is -3.75. The number of nitrogens with one attached hydrogen (secondary N) is 2. The highest BCUT2D eigenvalue weighted by Gasteiger charge is 2.26. The quantitative estimate of drug-likeness (QED) is 0.836. The summed E-state index contributed by atoms with van der Waals surface area (Å²) in [5.41, 5.74) is 1.42. The fourth-order valence-electron chi connectivity index (χ4n) is 2.05. The smallest absolute Gasteiger partial charge is 0.264 e. The lowest BCUT2D eigenvalue weighted by Gasteiger charge is -2.11. The Morgan fingerprint density at radius 1 is 1.40 bits per heavy atom. The van der Waals surface area contributed by atoms with Crippen molar-refractivity contribution in [2.45, 2.75) is 11.3 Å². The van der Waals surface area contributed by atoms with Crippen LogP contribution in [0.2, 0.25) is 0 Å². The maximum atomic E-state index is 12.2. The van der Waals surface area contributed by atoms with Crippen LogP contribution in [-0.2, 0) is 21.2 Å². The molecule has 1 aliphatic heterocycles. The molecule has 8 nitrogen and oxygen atoms in total. The molecule has 0 atom stereocenters. The van der Waals surface area contributed by atoms with Crippen LogP contribution in [0.1, 0.15) is 5.56 Å². The van der Waals surface area contributed by atoms with Crippen LogP contribution >= 0.6 is 0 Å². The van der Waals surface area contributed by atoms with Crippen LogP contribution in [-0.4, -0.2) is 36.6 Å². The molecule has 1 aromatic heterocycles. The topological polar surface area (TPSA) is 108 Å². The number of aromatic amines is 1. The first-order valence-electron chi connectivity index (χ1n) is 5.75. The minimum absolute atomic E-state index is 0.0405. The third kappa shape index (κ3) is 2.01. The molecule has 2 N–H and O–H groups in total. The molecule has 2 heterocycles. The van der Waals surface area contributed by atoms with Crippen LogP contribution in [0.15, 0.2) is 29.4 Å². The number of rotatable bonds is 3. The first kappa shape index (κ1) is 12.6. The number of nitrogens with zero attached hydrogens (tertiary/aromatic N) is 3. The molecule has 2 aromatic rings. The largest absolute Gasteiger partial charge is 0.315 e. The monoisotopic (exact) mass is 293 g/mol. The zero-order valence-electron chi connectivity index (χ0n) is 10.5. The van der Waals surface area contributed by atoms with Gasteiger partial charge < -0.3 is 4.90 Å². The molecular weight excluding hydrogens is 282 g/mol. The number of hydrogen-bond acceptors (Lipinski definition) is 5. The fourth-order valence-corrected chi connectivity index (χ4v) is 3.07. The molecule has 0 unspecified atom stereocenters. The van der Waals surface area contributed by atoms with Crippen LogP contribution < -0.4 is 9.62 Å². The number of carbonyl (C=O) groups is 1. The first-order chi connectivity index (χ1) is 9.47. The maximum Gasteiger partial charge on any atom is 0.264 e. The van der Waals surface area contributed by atoms with Crippen molar-refractivity contribution < 1.29 is 13.2 Å². The third-order valence-electron chi connectivity index (χ3n) is 3.08. The van der Waals surface area contributed by atoms with E-state index in [0.717, 1.165) is 5.69 Å². The molecule has 0 aliphatic carbocycles. The zero-order chi connectivity index (χ0) is 14.3. The van der Waals surface area contributed by atoms with Crippen molar-refractivity contribution in [3.05, 3.63) is 30.1 Å². The van der Waals surface area contributed by atoms with Crippen molar-refractivity contribution in [3.8, 4) is 0 Å². The number of fused-ring (bicyclic) bond motifs is 1. The zero-order valence-corrected chi connectivity index (χ0v) is 11.3. The summed E-state index contributed by atoms with van der Waals surface area (Å²) in [7, 11) is -2.09. The van der Waals surface area contributed by atoms with Gasteiger partial charge in [0.25, 0.3) is 10.0 Å². The summed E-state index contributed by atoms with van der Waals surface area (Å²) in [6.07, 6.45) is 1.41.